The number of hydrogen-bond acceptors (Lipinski definition) is 3. The number of amides is 2. The van der Waals surface area contributed by atoms with Gasteiger partial charge in [0.25, 0.3) is 0 Å². The maximum absolute atomic E-state index is 13.1. The van der Waals surface area contributed by atoms with Gasteiger partial charge < -0.3 is 19.7 Å². The molecule has 1 atom stereocenters. The molecule has 2 aliphatic heterocycles. The summed E-state index contributed by atoms with van der Waals surface area (Å²) in [6.45, 7) is 4.10. The number of benzene rings is 1. The van der Waals surface area contributed by atoms with Crippen molar-refractivity contribution in [2.45, 2.75) is 38.1 Å². The van der Waals surface area contributed by atoms with E-state index in [4.69, 9.17) is 9.47 Å². The van der Waals surface area contributed by atoms with Crippen LogP contribution >= 0.6 is 0 Å². The van der Waals surface area contributed by atoms with Crippen molar-refractivity contribution in [3.63, 3.8) is 0 Å². The second-order valence-electron chi connectivity index (χ2n) is 6.92. The van der Waals surface area contributed by atoms with E-state index in [1.807, 2.05) is 0 Å². The number of urea groups is 1. The second kappa shape index (κ2) is 6.40. The number of likely N-dealkylation sites (tertiary alicyclic amines) is 1. The maximum Gasteiger partial charge on any atom is 0.394 e. The van der Waals surface area contributed by atoms with Crippen molar-refractivity contribution in [3.05, 3.63) is 24.3 Å². The van der Waals surface area contributed by atoms with Gasteiger partial charge in [-0.3, -0.25) is 0 Å². The maximum atomic E-state index is 13.1. The van der Waals surface area contributed by atoms with Crippen molar-refractivity contribution in [2.75, 3.05) is 25.1 Å². The summed E-state index contributed by atoms with van der Waals surface area (Å²) in [5.74, 6) is -0.865. The molecule has 2 aliphatic rings. The van der Waals surface area contributed by atoms with E-state index in [9.17, 15) is 18.0 Å². The number of alkyl halides is 3. The number of rotatable bonds is 3. The molecule has 1 aromatic rings. The minimum Gasteiger partial charge on any atom is -0.486 e. The van der Waals surface area contributed by atoms with E-state index < -0.39 is 23.7 Å². The molecular weight excluding hydrogens is 337 g/mol. The fourth-order valence-electron chi connectivity index (χ4n) is 3.30. The molecule has 1 unspecified atom stereocenters. The summed E-state index contributed by atoms with van der Waals surface area (Å²) in [5, 5.41) is 2.66. The molecule has 0 saturated carbocycles. The topological polar surface area (TPSA) is 50.8 Å². The van der Waals surface area contributed by atoms with E-state index >= 15 is 0 Å². The molecule has 1 N–H and O–H groups in total. The molecule has 0 aliphatic carbocycles. The SMILES string of the molecule is CC1(C)C(C(F)(F)F)CCN1C(=O)Nc1ccc(OC2COC2)cc1. The molecule has 2 amide bonds. The van der Waals surface area contributed by atoms with E-state index in [0.717, 1.165) is 0 Å². The zero-order chi connectivity index (χ0) is 18.2. The molecule has 2 saturated heterocycles. The number of carbonyl (C=O) groups is 1. The van der Waals surface area contributed by atoms with Gasteiger partial charge in [-0.15, -0.1) is 0 Å². The normalized spacial score (nSPS) is 23.2. The third-order valence-corrected chi connectivity index (χ3v) is 4.85. The number of ether oxygens (including phenoxy) is 2. The van der Waals surface area contributed by atoms with Crippen molar-refractivity contribution in [1.29, 1.82) is 0 Å². The van der Waals surface area contributed by atoms with E-state index in [-0.39, 0.29) is 19.1 Å². The zero-order valence-corrected chi connectivity index (χ0v) is 14.1. The minimum atomic E-state index is -4.32. The van der Waals surface area contributed by atoms with E-state index in [1.54, 1.807) is 24.3 Å². The molecule has 5 nitrogen and oxygen atoms in total. The van der Waals surface area contributed by atoms with E-state index in [2.05, 4.69) is 5.32 Å². The highest BCUT2D eigenvalue weighted by Crippen LogP contribution is 2.44. The highest BCUT2D eigenvalue weighted by atomic mass is 19.4. The Morgan fingerprint density at radius 1 is 1.28 bits per heavy atom. The monoisotopic (exact) mass is 358 g/mol. The predicted molar refractivity (Wildman–Crippen MR) is 85.6 cm³/mol. The van der Waals surface area contributed by atoms with Crippen LogP contribution in [0, 0.1) is 5.92 Å². The van der Waals surface area contributed by atoms with Gasteiger partial charge in [0.15, 0.2) is 0 Å². The fraction of sp³-hybridized carbons (Fsp3) is 0.588. The number of nitrogens with one attached hydrogen (secondary N) is 1. The summed E-state index contributed by atoms with van der Waals surface area (Å²) < 4.78 is 50.0. The first-order chi connectivity index (χ1) is 11.7. The van der Waals surface area contributed by atoms with Gasteiger partial charge >= 0.3 is 12.2 Å². The Balaban J connectivity index is 1.62. The average molecular weight is 358 g/mol. The van der Waals surface area contributed by atoms with Crippen LogP contribution < -0.4 is 10.1 Å². The lowest BCUT2D eigenvalue weighted by molar-refractivity contribution is -0.189. The summed E-state index contributed by atoms with van der Waals surface area (Å²) in [6.07, 6.45) is -4.35. The molecule has 0 aromatic heterocycles. The van der Waals surface area contributed by atoms with Crippen molar-refractivity contribution in [1.82, 2.24) is 4.90 Å². The summed E-state index contributed by atoms with van der Waals surface area (Å²) in [7, 11) is 0. The Bertz CT molecular complexity index is 627. The van der Waals surface area contributed by atoms with Gasteiger partial charge in [-0.05, 0) is 44.5 Å². The molecule has 8 heteroatoms. The summed E-state index contributed by atoms with van der Waals surface area (Å²) in [6, 6.07) is 6.22. The van der Waals surface area contributed by atoms with Gasteiger partial charge in [-0.1, -0.05) is 0 Å². The van der Waals surface area contributed by atoms with Gasteiger partial charge in [0.05, 0.1) is 24.7 Å². The second-order valence-corrected chi connectivity index (χ2v) is 6.92. The lowest BCUT2D eigenvalue weighted by Gasteiger charge is -2.36. The lowest BCUT2D eigenvalue weighted by Crippen LogP contribution is -2.51. The summed E-state index contributed by atoms with van der Waals surface area (Å²) >= 11 is 0. The van der Waals surface area contributed by atoms with Crippen LogP contribution in [0.25, 0.3) is 0 Å². The Labute approximate surface area is 144 Å². The Kier molecular flexibility index (Phi) is 4.57. The first-order valence-electron chi connectivity index (χ1n) is 8.18. The van der Waals surface area contributed by atoms with Crippen LogP contribution in [-0.2, 0) is 4.74 Å². The highest BCUT2D eigenvalue weighted by molar-refractivity contribution is 5.90. The van der Waals surface area contributed by atoms with Crippen LogP contribution in [0.5, 0.6) is 5.75 Å². The van der Waals surface area contributed by atoms with E-state index in [0.29, 0.717) is 24.7 Å². The molecule has 0 radical (unpaired) electrons. The third kappa shape index (κ3) is 3.68. The van der Waals surface area contributed by atoms with Crippen LogP contribution in [0.1, 0.15) is 20.3 Å². The van der Waals surface area contributed by atoms with Gasteiger partial charge in [0, 0.05) is 12.2 Å². The number of nitrogens with zero attached hydrogens (tertiary/aromatic N) is 1. The number of anilines is 1. The molecule has 138 valence electrons. The van der Waals surface area contributed by atoms with Crippen molar-refractivity contribution >= 4 is 11.7 Å². The molecule has 2 fully saturated rings. The zero-order valence-electron chi connectivity index (χ0n) is 14.1. The summed E-state index contributed by atoms with van der Waals surface area (Å²) in [4.78, 5) is 13.7. The van der Waals surface area contributed by atoms with Crippen LogP contribution in [0.2, 0.25) is 0 Å². The fourth-order valence-corrected chi connectivity index (χ4v) is 3.30. The van der Waals surface area contributed by atoms with Crippen LogP contribution in [-0.4, -0.2) is 48.5 Å². The van der Waals surface area contributed by atoms with Crippen molar-refractivity contribution < 1.29 is 27.4 Å². The third-order valence-electron chi connectivity index (χ3n) is 4.85. The van der Waals surface area contributed by atoms with Crippen molar-refractivity contribution in [2.24, 2.45) is 5.92 Å². The molecule has 0 spiro atoms. The van der Waals surface area contributed by atoms with E-state index in [1.165, 1.54) is 18.7 Å². The first-order valence-corrected chi connectivity index (χ1v) is 8.18. The Morgan fingerprint density at radius 2 is 1.92 bits per heavy atom. The standard InChI is InChI=1S/C17H21F3N2O3/c1-16(2)14(17(18,19)20)7-8-22(16)15(23)21-11-3-5-12(6-4-11)25-13-9-24-10-13/h3-6,13-14H,7-10H2,1-2H3,(H,21,23). The largest absolute Gasteiger partial charge is 0.486 e. The summed E-state index contributed by atoms with van der Waals surface area (Å²) in [5.41, 5.74) is -0.774. The minimum absolute atomic E-state index is 0.0464. The average Bonchev–Trinajstić information content (AvgIpc) is 2.79. The smallest absolute Gasteiger partial charge is 0.394 e. The van der Waals surface area contributed by atoms with Crippen LogP contribution in [0.3, 0.4) is 0 Å². The van der Waals surface area contributed by atoms with Gasteiger partial charge in [-0.2, -0.15) is 13.2 Å². The molecule has 1 aromatic carbocycles. The van der Waals surface area contributed by atoms with Gasteiger partial charge in [0.2, 0.25) is 0 Å². The number of halogens is 3. The number of hydrogen-bond donors (Lipinski definition) is 1. The van der Waals surface area contributed by atoms with Crippen molar-refractivity contribution in [3.8, 4) is 5.75 Å². The quantitative estimate of drug-likeness (QED) is 0.897. The number of carbonyl (C=O) groups excluding carboxylic acids is 1. The predicted octanol–water partition coefficient (Wildman–Crippen LogP) is 3.66. The Hall–Kier alpha value is -1.96. The van der Waals surface area contributed by atoms with Gasteiger partial charge in [-0.25, -0.2) is 4.79 Å². The molecular formula is C17H21F3N2O3. The first kappa shape index (κ1) is 17.8. The molecule has 25 heavy (non-hydrogen) atoms. The van der Waals surface area contributed by atoms with Crippen LogP contribution in [0.4, 0.5) is 23.7 Å². The Morgan fingerprint density at radius 3 is 2.40 bits per heavy atom. The van der Waals surface area contributed by atoms with Crippen LogP contribution in [0.15, 0.2) is 24.3 Å². The highest BCUT2D eigenvalue weighted by Gasteiger charge is 2.56. The van der Waals surface area contributed by atoms with Gasteiger partial charge in [0.1, 0.15) is 11.9 Å². The molecule has 0 bridgehead atoms. The molecule has 3 rings (SSSR count). The lowest BCUT2D eigenvalue weighted by atomic mass is 9.88. The molecule has 2 heterocycles.